The van der Waals surface area contributed by atoms with Gasteiger partial charge in [-0.25, -0.2) is 13.4 Å². The van der Waals surface area contributed by atoms with Gasteiger partial charge in [-0.3, -0.25) is 10.1 Å². The molecule has 1 aliphatic rings. The molecule has 0 radical (unpaired) electrons. The molecule has 2 unspecified atom stereocenters. The maximum absolute atomic E-state index is 13.1. The van der Waals surface area contributed by atoms with Crippen LogP contribution in [0.2, 0.25) is 0 Å². The lowest BCUT2D eigenvalue weighted by atomic mass is 10.2. The number of fused-ring (bicyclic) bond motifs is 1. The molecule has 4 rings (SSSR count). The number of thiazole rings is 1. The topological polar surface area (TPSA) is 97.8 Å². The fourth-order valence-electron chi connectivity index (χ4n) is 3.66. The molecule has 0 bridgehead atoms. The van der Waals surface area contributed by atoms with Crippen LogP contribution in [0.3, 0.4) is 0 Å². The van der Waals surface area contributed by atoms with E-state index in [1.54, 1.807) is 12.1 Å². The summed E-state index contributed by atoms with van der Waals surface area (Å²) in [6.45, 7) is 6.72. The van der Waals surface area contributed by atoms with Gasteiger partial charge in [0.1, 0.15) is 5.75 Å². The summed E-state index contributed by atoms with van der Waals surface area (Å²) in [5.74, 6) is 0.320. The van der Waals surface area contributed by atoms with Gasteiger partial charge in [0.05, 0.1) is 33.9 Å². The van der Waals surface area contributed by atoms with Gasteiger partial charge in [0.25, 0.3) is 5.91 Å². The minimum atomic E-state index is -3.74. The zero-order chi connectivity index (χ0) is 22.9. The second-order valence-corrected chi connectivity index (χ2v) is 10.6. The Balaban J connectivity index is 1.54. The standard InChI is InChI=1S/C22H25N3O5S2/c1-4-29-17-8-9-19-20(11-17)31-22(23-19)24-21(26)16-6-5-7-18(10-16)32(27,28)25-12-14(2)30-15(3)13-25/h5-11,14-15H,4,12-13H2,1-3H3,(H,23,24,26). The van der Waals surface area contributed by atoms with Gasteiger partial charge in [0.2, 0.25) is 10.0 Å². The van der Waals surface area contributed by atoms with Gasteiger partial charge in [0.15, 0.2) is 5.13 Å². The van der Waals surface area contributed by atoms with Crippen molar-refractivity contribution in [3.05, 3.63) is 48.0 Å². The quantitative estimate of drug-likeness (QED) is 0.583. The molecular formula is C22H25N3O5S2. The summed E-state index contributed by atoms with van der Waals surface area (Å²) >= 11 is 1.33. The van der Waals surface area contributed by atoms with Crippen molar-refractivity contribution in [1.29, 1.82) is 0 Å². The van der Waals surface area contributed by atoms with Gasteiger partial charge in [-0.2, -0.15) is 4.31 Å². The minimum absolute atomic E-state index is 0.0807. The molecule has 1 saturated heterocycles. The fourth-order valence-corrected chi connectivity index (χ4v) is 6.18. The Morgan fingerprint density at radius 2 is 1.97 bits per heavy atom. The summed E-state index contributed by atoms with van der Waals surface area (Å²) < 4.78 is 39.7. The second-order valence-electron chi connectivity index (χ2n) is 7.64. The van der Waals surface area contributed by atoms with Crippen molar-refractivity contribution in [2.75, 3.05) is 25.0 Å². The molecule has 2 aromatic carbocycles. The van der Waals surface area contributed by atoms with Gasteiger partial charge < -0.3 is 9.47 Å². The zero-order valence-corrected chi connectivity index (χ0v) is 19.7. The maximum atomic E-state index is 13.1. The van der Waals surface area contributed by atoms with E-state index in [-0.39, 0.29) is 35.8 Å². The third kappa shape index (κ3) is 4.78. The number of carbonyl (C=O) groups excluding carboxylic acids is 1. The first-order chi connectivity index (χ1) is 15.3. The number of sulfonamides is 1. The van der Waals surface area contributed by atoms with Gasteiger partial charge in [-0.05, 0) is 57.2 Å². The molecular weight excluding hydrogens is 450 g/mol. The summed E-state index contributed by atoms with van der Waals surface area (Å²) in [4.78, 5) is 17.3. The lowest BCUT2D eigenvalue weighted by Crippen LogP contribution is -2.48. The van der Waals surface area contributed by atoms with E-state index in [0.717, 1.165) is 16.0 Å². The number of carbonyl (C=O) groups is 1. The Bertz CT molecular complexity index is 1230. The zero-order valence-electron chi connectivity index (χ0n) is 18.1. The highest BCUT2D eigenvalue weighted by Gasteiger charge is 2.32. The van der Waals surface area contributed by atoms with E-state index in [1.165, 1.54) is 27.8 Å². The number of amides is 1. The number of ether oxygens (including phenoxy) is 2. The van der Waals surface area contributed by atoms with Crippen LogP contribution < -0.4 is 10.1 Å². The van der Waals surface area contributed by atoms with E-state index in [2.05, 4.69) is 10.3 Å². The van der Waals surface area contributed by atoms with Crippen molar-refractivity contribution in [3.8, 4) is 5.75 Å². The van der Waals surface area contributed by atoms with E-state index in [1.807, 2.05) is 39.0 Å². The molecule has 8 nitrogen and oxygen atoms in total. The minimum Gasteiger partial charge on any atom is -0.494 e. The Kier molecular flexibility index (Phi) is 6.47. The Hall–Kier alpha value is -2.53. The van der Waals surface area contributed by atoms with E-state index in [9.17, 15) is 13.2 Å². The third-order valence-electron chi connectivity index (χ3n) is 5.01. The highest BCUT2D eigenvalue weighted by atomic mass is 32.2. The monoisotopic (exact) mass is 475 g/mol. The number of morpholine rings is 1. The molecule has 0 spiro atoms. The third-order valence-corrected chi connectivity index (χ3v) is 7.77. The van der Waals surface area contributed by atoms with Crippen molar-refractivity contribution < 1.29 is 22.7 Å². The molecule has 2 heterocycles. The van der Waals surface area contributed by atoms with Crippen LogP contribution in [-0.2, 0) is 14.8 Å². The van der Waals surface area contributed by atoms with Gasteiger partial charge in [-0.15, -0.1) is 0 Å². The summed E-state index contributed by atoms with van der Waals surface area (Å²) in [6, 6.07) is 11.6. The molecule has 0 aliphatic carbocycles. The molecule has 3 aromatic rings. The molecule has 1 aliphatic heterocycles. The SMILES string of the molecule is CCOc1ccc2nc(NC(=O)c3cccc(S(=O)(=O)N4CC(C)OC(C)C4)c3)sc2c1. The van der Waals surface area contributed by atoms with Crippen molar-refractivity contribution in [2.45, 2.75) is 37.9 Å². The van der Waals surface area contributed by atoms with Crippen LogP contribution in [0.15, 0.2) is 47.4 Å². The number of nitrogens with zero attached hydrogens (tertiary/aromatic N) is 2. The number of benzene rings is 2. The van der Waals surface area contributed by atoms with Crippen molar-refractivity contribution in [2.24, 2.45) is 0 Å². The first-order valence-electron chi connectivity index (χ1n) is 10.4. The lowest BCUT2D eigenvalue weighted by Gasteiger charge is -2.34. The van der Waals surface area contributed by atoms with Gasteiger partial charge >= 0.3 is 0 Å². The molecule has 1 aromatic heterocycles. The molecule has 0 saturated carbocycles. The summed E-state index contributed by atoms with van der Waals surface area (Å²) in [5.41, 5.74) is 0.996. The molecule has 1 N–H and O–H groups in total. The van der Waals surface area contributed by atoms with Gasteiger partial charge in [-0.1, -0.05) is 17.4 Å². The molecule has 10 heteroatoms. The smallest absolute Gasteiger partial charge is 0.257 e. The number of aromatic nitrogens is 1. The van der Waals surface area contributed by atoms with Crippen LogP contribution >= 0.6 is 11.3 Å². The predicted molar refractivity (Wildman–Crippen MR) is 124 cm³/mol. The van der Waals surface area contributed by atoms with Crippen LogP contribution in [0.25, 0.3) is 10.2 Å². The number of nitrogens with one attached hydrogen (secondary N) is 1. The normalized spacial score (nSPS) is 19.7. The van der Waals surface area contributed by atoms with Crippen LogP contribution in [0.1, 0.15) is 31.1 Å². The second kappa shape index (κ2) is 9.14. The maximum Gasteiger partial charge on any atom is 0.257 e. The fraction of sp³-hybridized carbons (Fsp3) is 0.364. The molecule has 1 amide bonds. The van der Waals surface area contributed by atoms with Crippen molar-refractivity contribution in [3.63, 3.8) is 0 Å². The molecule has 1 fully saturated rings. The summed E-state index contributed by atoms with van der Waals surface area (Å²) in [7, 11) is -3.74. The number of rotatable bonds is 6. The first kappa shape index (κ1) is 22.7. The van der Waals surface area contributed by atoms with Crippen LogP contribution in [0.5, 0.6) is 5.75 Å². The molecule has 2 atom stereocenters. The predicted octanol–water partition coefficient (Wildman–Crippen LogP) is 3.75. The van der Waals surface area contributed by atoms with E-state index >= 15 is 0 Å². The highest BCUT2D eigenvalue weighted by molar-refractivity contribution is 7.89. The molecule has 170 valence electrons. The van der Waals surface area contributed by atoms with Crippen LogP contribution in [0, 0.1) is 0 Å². The Morgan fingerprint density at radius 3 is 2.69 bits per heavy atom. The Labute approximate surface area is 191 Å². The summed E-state index contributed by atoms with van der Waals surface area (Å²) in [5, 5.41) is 3.20. The first-order valence-corrected chi connectivity index (χ1v) is 12.6. The number of anilines is 1. The van der Waals surface area contributed by atoms with Crippen LogP contribution in [0.4, 0.5) is 5.13 Å². The van der Waals surface area contributed by atoms with Gasteiger partial charge in [0, 0.05) is 18.7 Å². The van der Waals surface area contributed by atoms with Crippen molar-refractivity contribution in [1.82, 2.24) is 9.29 Å². The summed E-state index contributed by atoms with van der Waals surface area (Å²) in [6.07, 6.45) is -0.385. The highest BCUT2D eigenvalue weighted by Crippen LogP contribution is 2.30. The average Bonchev–Trinajstić information content (AvgIpc) is 3.15. The van der Waals surface area contributed by atoms with Crippen LogP contribution in [-0.4, -0.2) is 55.5 Å². The van der Waals surface area contributed by atoms with Crippen molar-refractivity contribution >= 4 is 42.6 Å². The molecule has 32 heavy (non-hydrogen) atoms. The number of hydrogen-bond acceptors (Lipinski definition) is 7. The van der Waals surface area contributed by atoms with E-state index < -0.39 is 15.9 Å². The largest absolute Gasteiger partial charge is 0.494 e. The Morgan fingerprint density at radius 1 is 1.22 bits per heavy atom. The average molecular weight is 476 g/mol. The number of hydrogen-bond donors (Lipinski definition) is 1. The lowest BCUT2D eigenvalue weighted by molar-refractivity contribution is -0.0440. The van der Waals surface area contributed by atoms with E-state index in [4.69, 9.17) is 9.47 Å². The van der Waals surface area contributed by atoms with E-state index in [0.29, 0.717) is 11.7 Å².